The van der Waals surface area contributed by atoms with Gasteiger partial charge in [-0.3, -0.25) is 4.90 Å². The van der Waals surface area contributed by atoms with Crippen molar-refractivity contribution in [2.75, 3.05) is 13.2 Å². The zero-order valence-corrected chi connectivity index (χ0v) is 20.3. The molecule has 2 atom stereocenters. The maximum Gasteiger partial charge on any atom is 0.410 e. The Morgan fingerprint density at radius 2 is 1.69 bits per heavy atom. The first-order valence-corrected chi connectivity index (χ1v) is 12.1. The Hall–Kier alpha value is -3.23. The van der Waals surface area contributed by atoms with Crippen LogP contribution in [0, 0.1) is 5.82 Å². The first-order chi connectivity index (χ1) is 16.9. The first kappa shape index (κ1) is 23.5. The molecule has 180 valence electrons. The predicted octanol–water partition coefficient (Wildman–Crippen LogP) is 5.58. The standard InChI is InChI=1S/C27H23BrFNO5/c28-17-10-9-16(24(29)11-17)14-34-18-12-25(26(31)32)30(13-18)27(33)35-15-23-21-7-3-1-5-19(21)20-6-2-4-8-22(20)23/h1-11,18,23,25H,12-15H2,(H,31,32). The molecular formula is C27H23BrFNO5. The van der Waals surface area contributed by atoms with Gasteiger partial charge in [0, 0.05) is 22.4 Å². The monoisotopic (exact) mass is 539 g/mol. The minimum atomic E-state index is -1.13. The van der Waals surface area contributed by atoms with Crippen LogP contribution in [0.3, 0.4) is 0 Å². The van der Waals surface area contributed by atoms with E-state index in [9.17, 15) is 19.1 Å². The molecule has 0 bridgehead atoms. The molecule has 3 aromatic carbocycles. The summed E-state index contributed by atoms with van der Waals surface area (Å²) in [5.74, 6) is -1.66. The van der Waals surface area contributed by atoms with Crippen molar-refractivity contribution in [3.63, 3.8) is 0 Å². The van der Waals surface area contributed by atoms with Gasteiger partial charge >= 0.3 is 12.1 Å². The maximum absolute atomic E-state index is 14.1. The average molecular weight is 540 g/mol. The van der Waals surface area contributed by atoms with Crippen LogP contribution in [-0.2, 0) is 20.9 Å². The first-order valence-electron chi connectivity index (χ1n) is 11.3. The van der Waals surface area contributed by atoms with Crippen molar-refractivity contribution in [3.05, 3.63) is 93.7 Å². The van der Waals surface area contributed by atoms with E-state index in [4.69, 9.17) is 9.47 Å². The molecule has 1 aliphatic carbocycles. The summed E-state index contributed by atoms with van der Waals surface area (Å²) in [7, 11) is 0. The summed E-state index contributed by atoms with van der Waals surface area (Å²) < 4.78 is 26.1. The Labute approximate surface area is 210 Å². The summed E-state index contributed by atoms with van der Waals surface area (Å²) >= 11 is 3.21. The number of hydrogen-bond donors (Lipinski definition) is 1. The van der Waals surface area contributed by atoms with Gasteiger partial charge < -0.3 is 14.6 Å². The summed E-state index contributed by atoms with van der Waals surface area (Å²) in [6.45, 7) is 0.145. The van der Waals surface area contributed by atoms with Gasteiger partial charge in [0.05, 0.1) is 19.3 Å². The number of aliphatic carboxylic acids is 1. The lowest BCUT2D eigenvalue weighted by atomic mass is 9.98. The normalized spacial score (nSPS) is 18.9. The third-order valence-corrected chi connectivity index (χ3v) is 7.10. The molecule has 0 saturated carbocycles. The number of fused-ring (bicyclic) bond motifs is 3. The predicted molar refractivity (Wildman–Crippen MR) is 130 cm³/mol. The number of ether oxygens (including phenoxy) is 2. The molecular weight excluding hydrogens is 517 g/mol. The summed E-state index contributed by atoms with van der Waals surface area (Å²) in [5, 5.41) is 9.68. The fourth-order valence-corrected chi connectivity index (χ4v) is 5.21. The molecule has 0 aromatic heterocycles. The van der Waals surface area contributed by atoms with Crippen LogP contribution in [0.5, 0.6) is 0 Å². The molecule has 1 N–H and O–H groups in total. The van der Waals surface area contributed by atoms with Crippen LogP contribution in [-0.4, -0.2) is 47.4 Å². The molecule has 0 radical (unpaired) electrons. The van der Waals surface area contributed by atoms with Gasteiger partial charge in [0.2, 0.25) is 0 Å². The third-order valence-electron chi connectivity index (χ3n) is 6.61. The number of hydrogen-bond acceptors (Lipinski definition) is 4. The molecule has 8 heteroatoms. The fraction of sp³-hybridized carbons (Fsp3) is 0.259. The second kappa shape index (κ2) is 9.79. The van der Waals surface area contributed by atoms with E-state index in [1.807, 2.05) is 48.5 Å². The molecule has 0 spiro atoms. The van der Waals surface area contributed by atoms with E-state index in [1.165, 1.54) is 11.0 Å². The van der Waals surface area contributed by atoms with E-state index in [1.54, 1.807) is 12.1 Å². The van der Waals surface area contributed by atoms with E-state index >= 15 is 0 Å². The Morgan fingerprint density at radius 3 is 2.31 bits per heavy atom. The summed E-state index contributed by atoms with van der Waals surface area (Å²) in [5.41, 5.74) is 4.75. The van der Waals surface area contributed by atoms with Crippen molar-refractivity contribution < 1.29 is 28.6 Å². The minimum absolute atomic E-state index is 0.0192. The number of carboxylic acid groups (broad SMARTS) is 1. The third kappa shape index (κ3) is 4.68. The van der Waals surface area contributed by atoms with Gasteiger partial charge in [-0.2, -0.15) is 0 Å². The van der Waals surface area contributed by atoms with Gasteiger partial charge in [-0.1, -0.05) is 70.5 Å². The Balaban J connectivity index is 1.25. The van der Waals surface area contributed by atoms with Crippen molar-refractivity contribution in [1.29, 1.82) is 0 Å². The number of halogens is 2. The number of benzene rings is 3. The van der Waals surface area contributed by atoms with Gasteiger partial charge in [-0.05, 0) is 34.4 Å². The Morgan fingerprint density at radius 1 is 1.03 bits per heavy atom. The van der Waals surface area contributed by atoms with Crippen LogP contribution >= 0.6 is 15.9 Å². The molecule has 6 nitrogen and oxygen atoms in total. The van der Waals surface area contributed by atoms with Crippen molar-refractivity contribution in [3.8, 4) is 11.1 Å². The number of nitrogens with zero attached hydrogens (tertiary/aromatic N) is 1. The summed E-state index contributed by atoms with van der Waals surface area (Å²) in [6.07, 6.45) is -1.13. The minimum Gasteiger partial charge on any atom is -0.480 e. The van der Waals surface area contributed by atoms with Gasteiger partial charge in [0.1, 0.15) is 18.5 Å². The number of carbonyl (C=O) groups excluding carboxylic acids is 1. The molecule has 2 aliphatic rings. The molecule has 3 aromatic rings. The highest BCUT2D eigenvalue weighted by Gasteiger charge is 2.41. The molecule has 1 saturated heterocycles. The highest BCUT2D eigenvalue weighted by molar-refractivity contribution is 9.10. The van der Waals surface area contributed by atoms with Crippen LogP contribution in [0.1, 0.15) is 29.0 Å². The second-order valence-corrected chi connectivity index (χ2v) is 9.63. The lowest BCUT2D eigenvalue weighted by molar-refractivity contribution is -0.141. The number of rotatable bonds is 6. The molecule has 1 amide bonds. The lowest BCUT2D eigenvalue weighted by Gasteiger charge is -2.22. The van der Waals surface area contributed by atoms with E-state index in [0.717, 1.165) is 22.3 Å². The zero-order valence-electron chi connectivity index (χ0n) is 18.7. The number of amides is 1. The molecule has 5 rings (SSSR count). The highest BCUT2D eigenvalue weighted by Crippen LogP contribution is 2.44. The van der Waals surface area contributed by atoms with Gasteiger partial charge in [-0.25, -0.2) is 14.0 Å². The SMILES string of the molecule is O=C(O)C1CC(OCc2ccc(Br)cc2F)CN1C(=O)OCC1c2ccccc2-c2ccccc21. The van der Waals surface area contributed by atoms with E-state index in [0.29, 0.717) is 10.0 Å². The van der Waals surface area contributed by atoms with Crippen LogP contribution < -0.4 is 0 Å². The fourth-order valence-electron chi connectivity index (χ4n) is 4.88. The van der Waals surface area contributed by atoms with Crippen molar-refractivity contribution in [2.45, 2.75) is 31.1 Å². The number of carboxylic acids is 1. The summed E-state index contributed by atoms with van der Waals surface area (Å²) in [6, 6.07) is 19.6. The van der Waals surface area contributed by atoms with Crippen LogP contribution in [0.15, 0.2) is 71.2 Å². The lowest BCUT2D eigenvalue weighted by Crippen LogP contribution is -2.41. The molecule has 35 heavy (non-hydrogen) atoms. The molecule has 1 heterocycles. The van der Waals surface area contributed by atoms with E-state index in [-0.39, 0.29) is 32.1 Å². The number of likely N-dealkylation sites (tertiary alicyclic amines) is 1. The van der Waals surface area contributed by atoms with Crippen molar-refractivity contribution >= 4 is 28.0 Å². The quantitative estimate of drug-likeness (QED) is 0.442. The zero-order chi connectivity index (χ0) is 24.5. The van der Waals surface area contributed by atoms with E-state index < -0.39 is 30.0 Å². The number of carbonyl (C=O) groups is 2. The largest absolute Gasteiger partial charge is 0.480 e. The molecule has 2 unspecified atom stereocenters. The topological polar surface area (TPSA) is 76.1 Å². The van der Waals surface area contributed by atoms with Crippen LogP contribution in [0.25, 0.3) is 11.1 Å². The summed E-state index contributed by atoms with van der Waals surface area (Å²) in [4.78, 5) is 26.0. The maximum atomic E-state index is 14.1. The highest BCUT2D eigenvalue weighted by atomic mass is 79.9. The van der Waals surface area contributed by atoms with Gasteiger partial charge in [0.15, 0.2) is 0 Å². The smallest absolute Gasteiger partial charge is 0.410 e. The van der Waals surface area contributed by atoms with Crippen LogP contribution in [0.2, 0.25) is 0 Å². The molecule has 1 fully saturated rings. The van der Waals surface area contributed by atoms with Gasteiger partial charge in [0.25, 0.3) is 0 Å². The van der Waals surface area contributed by atoms with Crippen LogP contribution in [0.4, 0.5) is 9.18 Å². The van der Waals surface area contributed by atoms with Crippen molar-refractivity contribution in [2.24, 2.45) is 0 Å². The van der Waals surface area contributed by atoms with Crippen molar-refractivity contribution in [1.82, 2.24) is 4.90 Å². The Kier molecular flexibility index (Phi) is 6.58. The van der Waals surface area contributed by atoms with Gasteiger partial charge in [-0.15, -0.1) is 0 Å². The second-order valence-electron chi connectivity index (χ2n) is 8.71. The molecule has 1 aliphatic heterocycles. The average Bonchev–Trinajstić information content (AvgIpc) is 3.42. The van der Waals surface area contributed by atoms with E-state index in [2.05, 4.69) is 15.9 Å². The Bertz CT molecular complexity index is 1240.